The summed E-state index contributed by atoms with van der Waals surface area (Å²) in [5, 5.41) is 20.1. The molecule has 1 aliphatic carbocycles. The van der Waals surface area contributed by atoms with Gasteiger partial charge in [0.1, 0.15) is 11.5 Å². The summed E-state index contributed by atoms with van der Waals surface area (Å²) in [6.45, 7) is 0.479. The van der Waals surface area contributed by atoms with Crippen LogP contribution < -0.4 is 5.32 Å². The number of aromatic nitrogens is 2. The van der Waals surface area contributed by atoms with Gasteiger partial charge in [0.05, 0.1) is 11.1 Å². The Bertz CT molecular complexity index is 931. The maximum absolute atomic E-state index is 14.9. The zero-order valence-electron chi connectivity index (χ0n) is 12.8. The van der Waals surface area contributed by atoms with Crippen LogP contribution in [0.1, 0.15) is 28.8 Å². The molecule has 0 amide bonds. The molecular formula is C18H16FN3O2. The Morgan fingerprint density at radius 1 is 1.33 bits per heavy atom. The van der Waals surface area contributed by atoms with Gasteiger partial charge in [-0.2, -0.15) is 5.10 Å². The van der Waals surface area contributed by atoms with Gasteiger partial charge in [-0.3, -0.25) is 5.10 Å². The van der Waals surface area contributed by atoms with Crippen molar-refractivity contribution in [2.24, 2.45) is 0 Å². The fourth-order valence-electron chi connectivity index (χ4n) is 2.79. The maximum atomic E-state index is 14.9. The molecule has 1 aliphatic rings. The van der Waals surface area contributed by atoms with Gasteiger partial charge in [0.15, 0.2) is 0 Å². The van der Waals surface area contributed by atoms with Gasteiger partial charge >= 0.3 is 5.97 Å². The molecule has 3 N–H and O–H groups in total. The summed E-state index contributed by atoms with van der Waals surface area (Å²) < 4.78 is 14.9. The molecule has 3 aromatic rings. The molecule has 6 heteroatoms. The van der Waals surface area contributed by atoms with E-state index >= 15 is 0 Å². The van der Waals surface area contributed by atoms with Crippen molar-refractivity contribution in [2.45, 2.75) is 25.4 Å². The highest BCUT2D eigenvalue weighted by molar-refractivity contribution is 5.99. The second-order valence-electron chi connectivity index (χ2n) is 6.07. The lowest BCUT2D eigenvalue weighted by molar-refractivity contribution is 0.0697. The number of fused-ring (bicyclic) bond motifs is 1. The Morgan fingerprint density at radius 3 is 2.92 bits per heavy atom. The van der Waals surface area contributed by atoms with E-state index in [0.717, 1.165) is 12.8 Å². The maximum Gasteiger partial charge on any atom is 0.335 e. The Kier molecular flexibility index (Phi) is 3.54. The second-order valence-corrected chi connectivity index (χ2v) is 6.07. The van der Waals surface area contributed by atoms with Crippen LogP contribution in [0.5, 0.6) is 0 Å². The van der Waals surface area contributed by atoms with E-state index in [2.05, 4.69) is 15.5 Å². The molecule has 1 saturated carbocycles. The number of hydrogen-bond donors (Lipinski definition) is 3. The van der Waals surface area contributed by atoms with Crippen molar-refractivity contribution in [1.82, 2.24) is 15.5 Å². The number of carbonyl (C=O) groups is 1. The largest absolute Gasteiger partial charge is 0.478 e. The van der Waals surface area contributed by atoms with Crippen molar-refractivity contribution in [2.75, 3.05) is 0 Å². The van der Waals surface area contributed by atoms with Crippen LogP contribution in [0, 0.1) is 5.82 Å². The van der Waals surface area contributed by atoms with Crippen LogP contribution in [0.2, 0.25) is 0 Å². The summed E-state index contributed by atoms with van der Waals surface area (Å²) in [5.74, 6) is -1.34. The highest BCUT2D eigenvalue weighted by atomic mass is 19.1. The molecule has 0 aliphatic heterocycles. The number of carboxylic acids is 1. The van der Waals surface area contributed by atoms with Crippen LogP contribution in [0.4, 0.5) is 4.39 Å². The van der Waals surface area contributed by atoms with Gasteiger partial charge in [-0.15, -0.1) is 0 Å². The predicted octanol–water partition coefficient (Wildman–Crippen LogP) is 3.32. The molecule has 1 aromatic heterocycles. The van der Waals surface area contributed by atoms with E-state index in [-0.39, 0.29) is 11.4 Å². The molecule has 0 bridgehead atoms. The molecule has 0 saturated heterocycles. The third kappa shape index (κ3) is 2.65. The van der Waals surface area contributed by atoms with Crippen LogP contribution in [0.15, 0.2) is 36.4 Å². The quantitative estimate of drug-likeness (QED) is 0.672. The molecule has 0 unspecified atom stereocenters. The van der Waals surface area contributed by atoms with Gasteiger partial charge in [0.2, 0.25) is 0 Å². The van der Waals surface area contributed by atoms with E-state index in [4.69, 9.17) is 5.11 Å². The van der Waals surface area contributed by atoms with Gasteiger partial charge in [-0.1, -0.05) is 12.1 Å². The van der Waals surface area contributed by atoms with Crippen molar-refractivity contribution in [1.29, 1.82) is 0 Å². The van der Waals surface area contributed by atoms with E-state index in [1.54, 1.807) is 24.3 Å². The average molecular weight is 325 g/mol. The number of nitrogens with zero attached hydrogens (tertiary/aromatic N) is 1. The Balaban J connectivity index is 1.77. The number of aromatic amines is 1. The summed E-state index contributed by atoms with van der Waals surface area (Å²) in [6, 6.07) is 10.4. The molecule has 122 valence electrons. The smallest absolute Gasteiger partial charge is 0.335 e. The molecule has 4 rings (SSSR count). The molecule has 0 radical (unpaired) electrons. The Labute approximate surface area is 137 Å². The van der Waals surface area contributed by atoms with E-state index in [1.165, 1.54) is 12.1 Å². The third-order valence-electron chi connectivity index (χ3n) is 4.30. The van der Waals surface area contributed by atoms with Crippen LogP contribution in [-0.4, -0.2) is 27.3 Å². The van der Waals surface area contributed by atoms with Gasteiger partial charge < -0.3 is 10.4 Å². The average Bonchev–Trinajstić information content (AvgIpc) is 3.31. The number of H-pyrrole nitrogens is 1. The highest BCUT2D eigenvalue weighted by Gasteiger charge is 2.21. The fraction of sp³-hybridized carbons (Fsp3) is 0.222. The van der Waals surface area contributed by atoms with Crippen LogP contribution in [-0.2, 0) is 6.54 Å². The minimum Gasteiger partial charge on any atom is -0.478 e. The van der Waals surface area contributed by atoms with Crippen molar-refractivity contribution in [3.05, 3.63) is 53.3 Å². The first-order chi connectivity index (χ1) is 11.6. The number of nitrogens with one attached hydrogen (secondary N) is 2. The van der Waals surface area contributed by atoms with Crippen molar-refractivity contribution in [3.63, 3.8) is 0 Å². The topological polar surface area (TPSA) is 78.0 Å². The van der Waals surface area contributed by atoms with Gasteiger partial charge in [-0.25, -0.2) is 9.18 Å². The summed E-state index contributed by atoms with van der Waals surface area (Å²) in [4.78, 5) is 11.2. The molecule has 1 fully saturated rings. The molecule has 5 nitrogen and oxygen atoms in total. The minimum atomic E-state index is -1.02. The van der Waals surface area contributed by atoms with Crippen molar-refractivity contribution >= 4 is 16.9 Å². The third-order valence-corrected chi connectivity index (χ3v) is 4.30. The number of carboxylic acid groups (broad SMARTS) is 1. The SMILES string of the molecule is O=C(O)c1ccc2[nH]nc(-c3cccc(CNC4CC4)c3F)c2c1. The predicted molar refractivity (Wildman–Crippen MR) is 88.3 cm³/mol. The van der Waals surface area contributed by atoms with E-state index < -0.39 is 5.97 Å². The minimum absolute atomic E-state index is 0.150. The van der Waals surface area contributed by atoms with Crippen molar-refractivity contribution in [3.8, 4) is 11.3 Å². The number of hydrogen-bond acceptors (Lipinski definition) is 3. The van der Waals surface area contributed by atoms with Crippen LogP contribution >= 0.6 is 0 Å². The van der Waals surface area contributed by atoms with Gasteiger partial charge in [-0.05, 0) is 37.1 Å². The van der Waals surface area contributed by atoms with E-state index in [9.17, 15) is 9.18 Å². The summed E-state index contributed by atoms with van der Waals surface area (Å²) in [5.41, 5.74) is 2.22. The molecule has 1 heterocycles. The molecule has 0 atom stereocenters. The van der Waals surface area contributed by atoms with Crippen LogP contribution in [0.25, 0.3) is 22.2 Å². The lowest BCUT2D eigenvalue weighted by Gasteiger charge is -2.08. The number of benzene rings is 2. The Hall–Kier alpha value is -2.73. The van der Waals surface area contributed by atoms with E-state index in [1.807, 2.05) is 0 Å². The number of aromatic carboxylic acids is 1. The lowest BCUT2D eigenvalue weighted by atomic mass is 10.0. The number of halogens is 1. The standard InChI is InChI=1S/C18H16FN3O2/c19-16-11(9-20-12-5-6-12)2-1-3-13(16)17-14-8-10(18(23)24)4-7-15(14)21-22-17/h1-4,7-8,12,20H,5-6,9H2,(H,21,22)(H,23,24). The van der Waals surface area contributed by atoms with Crippen molar-refractivity contribution < 1.29 is 14.3 Å². The molecule has 0 spiro atoms. The zero-order chi connectivity index (χ0) is 16.7. The summed E-state index contributed by atoms with van der Waals surface area (Å²) >= 11 is 0. The van der Waals surface area contributed by atoms with Crippen LogP contribution in [0.3, 0.4) is 0 Å². The van der Waals surface area contributed by atoms with E-state index in [0.29, 0.717) is 40.3 Å². The first kappa shape index (κ1) is 14.8. The van der Waals surface area contributed by atoms with Gasteiger partial charge in [0.25, 0.3) is 0 Å². The molecule has 24 heavy (non-hydrogen) atoms. The fourth-order valence-corrected chi connectivity index (χ4v) is 2.79. The van der Waals surface area contributed by atoms with Gasteiger partial charge in [0, 0.05) is 29.1 Å². The normalized spacial score (nSPS) is 14.2. The first-order valence-electron chi connectivity index (χ1n) is 7.86. The molecule has 2 aromatic carbocycles. The highest BCUT2D eigenvalue weighted by Crippen LogP contribution is 2.30. The summed E-state index contributed by atoms with van der Waals surface area (Å²) in [7, 11) is 0. The number of rotatable bonds is 5. The zero-order valence-corrected chi connectivity index (χ0v) is 12.8. The monoisotopic (exact) mass is 325 g/mol. The summed E-state index contributed by atoms with van der Waals surface area (Å²) in [6.07, 6.45) is 2.28. The molecular weight excluding hydrogens is 309 g/mol. The first-order valence-corrected chi connectivity index (χ1v) is 7.86. The lowest BCUT2D eigenvalue weighted by Crippen LogP contribution is -2.16. The second kappa shape index (κ2) is 5.72. The Morgan fingerprint density at radius 2 is 2.17 bits per heavy atom.